The van der Waals surface area contributed by atoms with Crippen molar-refractivity contribution in [2.24, 2.45) is 0 Å². The molecule has 1 aliphatic carbocycles. The molecule has 0 saturated heterocycles. The van der Waals surface area contributed by atoms with E-state index in [1.807, 2.05) is 36.4 Å². The Kier molecular flexibility index (Phi) is 4.33. The van der Waals surface area contributed by atoms with E-state index in [0.29, 0.717) is 11.5 Å². The van der Waals surface area contributed by atoms with E-state index in [2.05, 4.69) is 49.4 Å². The number of benzene rings is 4. The van der Waals surface area contributed by atoms with Crippen LogP contribution in [0.4, 0.5) is 0 Å². The summed E-state index contributed by atoms with van der Waals surface area (Å²) in [4.78, 5) is 0. The van der Waals surface area contributed by atoms with Gasteiger partial charge >= 0.3 is 0 Å². The van der Waals surface area contributed by atoms with Gasteiger partial charge in [-0.15, -0.1) is 0 Å². The summed E-state index contributed by atoms with van der Waals surface area (Å²) >= 11 is 0. The molecule has 0 unspecified atom stereocenters. The highest BCUT2D eigenvalue weighted by Gasteiger charge is 2.25. The number of ether oxygens (including phenoxy) is 1. The Morgan fingerprint density at radius 3 is 2.31 bits per heavy atom. The molecule has 142 valence electrons. The molecule has 0 amide bonds. The first-order valence-electron chi connectivity index (χ1n) is 10.0. The number of para-hydroxylation sites is 1. The third-order valence-electron chi connectivity index (χ3n) is 5.69. The summed E-state index contributed by atoms with van der Waals surface area (Å²) in [7, 11) is 0. The van der Waals surface area contributed by atoms with Crippen LogP contribution in [0.5, 0.6) is 17.2 Å². The molecule has 0 bridgehead atoms. The standard InChI is InChI=1S/C27H22O2/c1-2-18-15-16-25(28)27(29-20-10-4-3-5-11-20)26(18)23-14-8-13-22-21-12-7-6-9-19(21)17-24(22)23/h3-16,28H,2,17H2,1H3. The highest BCUT2D eigenvalue weighted by Crippen LogP contribution is 2.48. The number of aromatic hydroxyl groups is 1. The smallest absolute Gasteiger partial charge is 0.177 e. The van der Waals surface area contributed by atoms with E-state index in [1.165, 1.54) is 22.3 Å². The Balaban J connectivity index is 1.72. The molecule has 29 heavy (non-hydrogen) atoms. The van der Waals surface area contributed by atoms with Gasteiger partial charge in [-0.05, 0) is 64.4 Å². The summed E-state index contributed by atoms with van der Waals surface area (Å²) in [5.41, 5.74) is 8.50. The van der Waals surface area contributed by atoms with Crippen molar-refractivity contribution in [3.63, 3.8) is 0 Å². The third kappa shape index (κ3) is 2.98. The number of phenolic OH excluding ortho intramolecular Hbond substituents is 1. The lowest BCUT2D eigenvalue weighted by Crippen LogP contribution is -1.97. The minimum Gasteiger partial charge on any atom is -0.504 e. The summed E-state index contributed by atoms with van der Waals surface area (Å²) in [6.07, 6.45) is 1.75. The minimum atomic E-state index is 0.161. The van der Waals surface area contributed by atoms with Crippen molar-refractivity contribution in [1.29, 1.82) is 0 Å². The first-order chi connectivity index (χ1) is 14.3. The van der Waals surface area contributed by atoms with E-state index >= 15 is 0 Å². The van der Waals surface area contributed by atoms with Crippen molar-refractivity contribution >= 4 is 0 Å². The van der Waals surface area contributed by atoms with Gasteiger partial charge in [0.25, 0.3) is 0 Å². The molecule has 1 N–H and O–H groups in total. The predicted molar refractivity (Wildman–Crippen MR) is 118 cm³/mol. The Bertz CT molecular complexity index is 1190. The van der Waals surface area contributed by atoms with Gasteiger partial charge in [0.15, 0.2) is 11.5 Å². The van der Waals surface area contributed by atoms with Crippen LogP contribution >= 0.6 is 0 Å². The Morgan fingerprint density at radius 1 is 0.759 bits per heavy atom. The highest BCUT2D eigenvalue weighted by molar-refractivity contribution is 5.88. The van der Waals surface area contributed by atoms with Crippen molar-refractivity contribution in [3.8, 4) is 39.5 Å². The maximum absolute atomic E-state index is 10.7. The largest absolute Gasteiger partial charge is 0.504 e. The summed E-state index contributed by atoms with van der Waals surface area (Å²) in [5, 5.41) is 10.7. The van der Waals surface area contributed by atoms with Crippen LogP contribution in [0.3, 0.4) is 0 Å². The topological polar surface area (TPSA) is 29.5 Å². The van der Waals surface area contributed by atoms with Crippen LogP contribution in [0.1, 0.15) is 23.6 Å². The van der Waals surface area contributed by atoms with E-state index in [1.54, 1.807) is 6.07 Å². The quantitative estimate of drug-likeness (QED) is 0.365. The minimum absolute atomic E-state index is 0.161. The van der Waals surface area contributed by atoms with Crippen LogP contribution in [0.15, 0.2) is 84.9 Å². The van der Waals surface area contributed by atoms with Gasteiger partial charge < -0.3 is 9.84 Å². The van der Waals surface area contributed by atoms with Crippen LogP contribution in [0.25, 0.3) is 22.3 Å². The van der Waals surface area contributed by atoms with Crippen LogP contribution in [0, 0.1) is 0 Å². The molecule has 4 aromatic rings. The second kappa shape index (κ2) is 7.14. The van der Waals surface area contributed by atoms with E-state index in [0.717, 1.165) is 29.5 Å². The Hall–Kier alpha value is -3.52. The fourth-order valence-corrected chi connectivity index (χ4v) is 4.30. The first-order valence-corrected chi connectivity index (χ1v) is 10.0. The van der Waals surface area contributed by atoms with Gasteiger partial charge in [0.1, 0.15) is 5.75 Å². The monoisotopic (exact) mass is 378 g/mol. The second-order valence-corrected chi connectivity index (χ2v) is 7.38. The molecule has 0 saturated carbocycles. The lowest BCUT2D eigenvalue weighted by molar-refractivity contribution is 0.412. The molecular formula is C27H22O2. The summed E-state index contributed by atoms with van der Waals surface area (Å²) < 4.78 is 6.22. The Morgan fingerprint density at radius 2 is 1.48 bits per heavy atom. The lowest BCUT2D eigenvalue weighted by atomic mass is 9.90. The van der Waals surface area contributed by atoms with E-state index < -0.39 is 0 Å². The van der Waals surface area contributed by atoms with Crippen molar-refractivity contribution in [1.82, 2.24) is 0 Å². The number of rotatable bonds is 4. The normalized spacial score (nSPS) is 11.8. The van der Waals surface area contributed by atoms with Crippen LogP contribution in [-0.4, -0.2) is 5.11 Å². The molecule has 0 aliphatic heterocycles. The zero-order valence-electron chi connectivity index (χ0n) is 16.4. The van der Waals surface area contributed by atoms with E-state index in [-0.39, 0.29) is 5.75 Å². The van der Waals surface area contributed by atoms with Crippen molar-refractivity contribution < 1.29 is 9.84 Å². The number of fused-ring (bicyclic) bond motifs is 3. The maximum Gasteiger partial charge on any atom is 0.177 e. The lowest BCUT2D eigenvalue weighted by Gasteiger charge is -2.19. The fourth-order valence-electron chi connectivity index (χ4n) is 4.30. The molecule has 1 aliphatic rings. The third-order valence-corrected chi connectivity index (χ3v) is 5.69. The van der Waals surface area contributed by atoms with Crippen molar-refractivity contribution in [2.75, 3.05) is 0 Å². The number of aryl methyl sites for hydroxylation is 1. The molecule has 2 nitrogen and oxygen atoms in total. The number of hydrogen-bond donors (Lipinski definition) is 1. The van der Waals surface area contributed by atoms with E-state index in [4.69, 9.17) is 4.74 Å². The fraction of sp³-hybridized carbons (Fsp3) is 0.111. The average Bonchev–Trinajstić information content (AvgIpc) is 3.15. The molecule has 0 aromatic heterocycles. The summed E-state index contributed by atoms with van der Waals surface area (Å²) in [6.45, 7) is 2.14. The molecular weight excluding hydrogens is 356 g/mol. The van der Waals surface area contributed by atoms with Crippen molar-refractivity contribution in [2.45, 2.75) is 19.8 Å². The predicted octanol–water partition coefficient (Wildman–Crippen LogP) is 6.99. The summed E-state index contributed by atoms with van der Waals surface area (Å²) in [5.74, 6) is 1.40. The zero-order valence-corrected chi connectivity index (χ0v) is 16.4. The second-order valence-electron chi connectivity index (χ2n) is 7.38. The number of phenols is 1. The van der Waals surface area contributed by atoms with E-state index in [9.17, 15) is 5.11 Å². The SMILES string of the molecule is CCc1ccc(O)c(Oc2ccccc2)c1-c1cccc2c1Cc1ccccc1-2. The molecule has 0 atom stereocenters. The van der Waals surface area contributed by atoms with Gasteiger partial charge in [-0.2, -0.15) is 0 Å². The molecule has 4 aromatic carbocycles. The van der Waals surface area contributed by atoms with Gasteiger partial charge in [-0.3, -0.25) is 0 Å². The first kappa shape index (κ1) is 17.6. The van der Waals surface area contributed by atoms with Crippen molar-refractivity contribution in [3.05, 3.63) is 102 Å². The van der Waals surface area contributed by atoms with Gasteiger partial charge in [0.2, 0.25) is 0 Å². The van der Waals surface area contributed by atoms with Crippen LogP contribution in [-0.2, 0) is 12.8 Å². The molecule has 0 fully saturated rings. The van der Waals surface area contributed by atoms with Gasteiger partial charge in [-0.25, -0.2) is 0 Å². The molecule has 0 radical (unpaired) electrons. The molecule has 0 heterocycles. The van der Waals surface area contributed by atoms with Gasteiger partial charge in [-0.1, -0.05) is 73.7 Å². The summed E-state index contributed by atoms with van der Waals surface area (Å²) in [6, 6.07) is 28.4. The molecule has 5 rings (SSSR count). The zero-order chi connectivity index (χ0) is 19.8. The molecule has 2 heteroatoms. The van der Waals surface area contributed by atoms with Crippen LogP contribution < -0.4 is 4.74 Å². The number of hydrogen-bond acceptors (Lipinski definition) is 2. The van der Waals surface area contributed by atoms with Gasteiger partial charge in [0.05, 0.1) is 0 Å². The average molecular weight is 378 g/mol. The van der Waals surface area contributed by atoms with Crippen LogP contribution in [0.2, 0.25) is 0 Å². The Labute approximate surface area is 171 Å². The maximum atomic E-state index is 10.7. The molecule has 0 spiro atoms. The highest BCUT2D eigenvalue weighted by atomic mass is 16.5. The van der Waals surface area contributed by atoms with Gasteiger partial charge in [0, 0.05) is 5.56 Å².